The van der Waals surface area contributed by atoms with Gasteiger partial charge in [0, 0.05) is 26.1 Å². The molecule has 1 heterocycles. The Morgan fingerprint density at radius 1 is 1.22 bits per heavy atom. The van der Waals surface area contributed by atoms with E-state index in [1.807, 2.05) is 6.07 Å². The van der Waals surface area contributed by atoms with E-state index in [0.717, 1.165) is 23.7 Å². The maximum Gasteiger partial charge on any atom is 0.165 e. The predicted octanol–water partition coefficient (Wildman–Crippen LogP) is 3.35. The summed E-state index contributed by atoms with van der Waals surface area (Å²) in [6.07, 6.45) is 1.26. The summed E-state index contributed by atoms with van der Waals surface area (Å²) in [6, 6.07) is 5.12. The lowest BCUT2D eigenvalue weighted by Gasteiger charge is -2.20. The van der Waals surface area contributed by atoms with Crippen molar-refractivity contribution in [2.75, 3.05) is 14.2 Å². The molecule has 0 amide bonds. The minimum Gasteiger partial charge on any atom is -0.497 e. The van der Waals surface area contributed by atoms with Gasteiger partial charge in [0.1, 0.15) is 11.9 Å². The first-order valence-electron chi connectivity index (χ1n) is 6.34. The Morgan fingerprint density at radius 3 is 2.50 bits per heavy atom. The largest absolute Gasteiger partial charge is 0.497 e. The van der Waals surface area contributed by atoms with Gasteiger partial charge in [-0.2, -0.15) is 0 Å². The Balaban J connectivity index is 2.23. The summed E-state index contributed by atoms with van der Waals surface area (Å²) in [5, 5.41) is 0. The first-order valence-corrected chi connectivity index (χ1v) is 10.0. The van der Waals surface area contributed by atoms with Crippen molar-refractivity contribution in [3.8, 4) is 17.2 Å². The normalized spacial score (nSPS) is 18.2. The van der Waals surface area contributed by atoms with Crippen LogP contribution in [0.25, 0.3) is 0 Å². The second-order valence-electron chi connectivity index (χ2n) is 6.03. The van der Waals surface area contributed by atoms with E-state index in [9.17, 15) is 0 Å². The smallest absolute Gasteiger partial charge is 0.165 e. The maximum atomic E-state index is 6.06. The fourth-order valence-electron chi connectivity index (χ4n) is 2.44. The lowest BCUT2D eigenvalue weighted by atomic mass is 10.1. The second kappa shape index (κ2) is 4.84. The number of rotatable bonds is 4. The number of hydrogen-bond acceptors (Lipinski definition) is 3. The Kier molecular flexibility index (Phi) is 3.57. The van der Waals surface area contributed by atoms with E-state index in [0.29, 0.717) is 6.10 Å². The van der Waals surface area contributed by atoms with Crippen molar-refractivity contribution in [2.45, 2.75) is 38.2 Å². The van der Waals surface area contributed by atoms with Gasteiger partial charge in [-0.05, 0) is 12.1 Å². The molecule has 0 saturated heterocycles. The van der Waals surface area contributed by atoms with E-state index in [-0.39, 0.29) is 0 Å². The van der Waals surface area contributed by atoms with Crippen LogP contribution in [-0.2, 0) is 6.42 Å². The summed E-state index contributed by atoms with van der Waals surface area (Å²) < 4.78 is 16.7. The summed E-state index contributed by atoms with van der Waals surface area (Å²) in [5.74, 6) is 2.52. The molecule has 0 aromatic heterocycles. The lowest BCUT2D eigenvalue weighted by Crippen LogP contribution is -2.29. The van der Waals surface area contributed by atoms with E-state index in [4.69, 9.17) is 14.2 Å². The van der Waals surface area contributed by atoms with Crippen LogP contribution in [0.4, 0.5) is 0 Å². The molecule has 1 unspecified atom stereocenters. The molecule has 1 aromatic rings. The van der Waals surface area contributed by atoms with Crippen molar-refractivity contribution in [3.63, 3.8) is 0 Å². The van der Waals surface area contributed by atoms with Crippen LogP contribution >= 0.6 is 0 Å². The predicted molar refractivity (Wildman–Crippen MR) is 75.8 cm³/mol. The molecule has 1 aliphatic heterocycles. The van der Waals surface area contributed by atoms with Crippen LogP contribution in [0.1, 0.15) is 5.56 Å². The van der Waals surface area contributed by atoms with Crippen molar-refractivity contribution in [3.05, 3.63) is 17.7 Å². The molecule has 0 N–H and O–H groups in total. The number of hydrogen-bond donors (Lipinski definition) is 0. The molecule has 2 rings (SSSR count). The van der Waals surface area contributed by atoms with E-state index < -0.39 is 8.07 Å². The van der Waals surface area contributed by atoms with Crippen molar-refractivity contribution in [1.29, 1.82) is 0 Å². The molecule has 0 bridgehead atoms. The molecule has 100 valence electrons. The van der Waals surface area contributed by atoms with Gasteiger partial charge in [0.05, 0.1) is 14.2 Å². The molecule has 4 heteroatoms. The van der Waals surface area contributed by atoms with Gasteiger partial charge in [0.2, 0.25) is 0 Å². The van der Waals surface area contributed by atoms with Crippen LogP contribution in [0.5, 0.6) is 17.2 Å². The zero-order valence-electron chi connectivity index (χ0n) is 11.9. The van der Waals surface area contributed by atoms with Crippen LogP contribution in [0.2, 0.25) is 25.7 Å². The highest BCUT2D eigenvalue weighted by Gasteiger charge is 2.30. The summed E-state index contributed by atoms with van der Waals surface area (Å²) in [6.45, 7) is 7.12. The van der Waals surface area contributed by atoms with Gasteiger partial charge in [-0.15, -0.1) is 0 Å². The van der Waals surface area contributed by atoms with Crippen molar-refractivity contribution < 1.29 is 14.2 Å². The van der Waals surface area contributed by atoms with Crippen LogP contribution in [0.3, 0.4) is 0 Å². The van der Waals surface area contributed by atoms with E-state index in [1.54, 1.807) is 14.2 Å². The third-order valence-corrected chi connectivity index (χ3v) is 4.81. The van der Waals surface area contributed by atoms with Gasteiger partial charge in [-0.25, -0.2) is 0 Å². The molecular weight excluding hydrogens is 244 g/mol. The Morgan fingerprint density at radius 2 is 1.94 bits per heavy atom. The minimum absolute atomic E-state index is 0.299. The van der Waals surface area contributed by atoms with Crippen molar-refractivity contribution >= 4 is 8.07 Å². The first kappa shape index (κ1) is 13.3. The number of methoxy groups -OCH3 is 2. The van der Waals surface area contributed by atoms with Crippen LogP contribution < -0.4 is 14.2 Å². The summed E-state index contributed by atoms with van der Waals surface area (Å²) in [5.41, 5.74) is 1.20. The average Bonchev–Trinajstić information content (AvgIpc) is 2.66. The fourth-order valence-corrected chi connectivity index (χ4v) is 4.03. The van der Waals surface area contributed by atoms with Crippen molar-refractivity contribution in [1.82, 2.24) is 0 Å². The summed E-state index contributed by atoms with van der Waals surface area (Å²) >= 11 is 0. The number of fused-ring (bicyclic) bond motifs is 1. The SMILES string of the molecule is COc1cc2c(c(OC)c1)OC(C[Si](C)(C)C)C2. The molecule has 1 aromatic carbocycles. The minimum atomic E-state index is -1.11. The topological polar surface area (TPSA) is 27.7 Å². The molecule has 0 radical (unpaired) electrons. The van der Waals surface area contributed by atoms with Gasteiger partial charge < -0.3 is 14.2 Å². The highest BCUT2D eigenvalue weighted by molar-refractivity contribution is 6.76. The van der Waals surface area contributed by atoms with Gasteiger partial charge >= 0.3 is 0 Å². The monoisotopic (exact) mass is 266 g/mol. The lowest BCUT2D eigenvalue weighted by molar-refractivity contribution is 0.241. The second-order valence-corrected chi connectivity index (χ2v) is 11.6. The third-order valence-electron chi connectivity index (χ3n) is 3.13. The molecular formula is C14H22O3Si. The van der Waals surface area contributed by atoms with Gasteiger partial charge in [0.15, 0.2) is 11.5 Å². The third kappa shape index (κ3) is 2.80. The number of ether oxygens (including phenoxy) is 3. The van der Waals surface area contributed by atoms with E-state index in [1.165, 1.54) is 11.6 Å². The molecule has 0 fully saturated rings. The maximum absolute atomic E-state index is 6.06. The molecule has 0 spiro atoms. The highest BCUT2D eigenvalue weighted by Crippen LogP contribution is 2.42. The molecule has 0 saturated carbocycles. The molecule has 1 atom stereocenters. The number of benzene rings is 1. The fraction of sp³-hybridized carbons (Fsp3) is 0.571. The molecule has 1 aliphatic rings. The highest BCUT2D eigenvalue weighted by atomic mass is 28.3. The molecule has 3 nitrogen and oxygen atoms in total. The van der Waals surface area contributed by atoms with Crippen LogP contribution in [-0.4, -0.2) is 28.4 Å². The molecule has 18 heavy (non-hydrogen) atoms. The van der Waals surface area contributed by atoms with Gasteiger partial charge in [0.25, 0.3) is 0 Å². The Labute approximate surface area is 110 Å². The van der Waals surface area contributed by atoms with Crippen molar-refractivity contribution in [2.24, 2.45) is 0 Å². The van der Waals surface area contributed by atoms with Crippen LogP contribution in [0, 0.1) is 0 Å². The zero-order chi connectivity index (χ0) is 13.3. The standard InChI is InChI=1S/C14H22O3Si/c1-15-11-6-10-7-12(9-18(3,4)5)17-14(10)13(8-11)16-2/h6,8,12H,7,9H2,1-5H3. The quantitative estimate of drug-likeness (QED) is 0.782. The Hall–Kier alpha value is -1.16. The first-order chi connectivity index (χ1) is 8.43. The average molecular weight is 266 g/mol. The summed E-state index contributed by atoms with van der Waals surface area (Å²) in [4.78, 5) is 0. The van der Waals surface area contributed by atoms with Crippen LogP contribution in [0.15, 0.2) is 12.1 Å². The van der Waals surface area contributed by atoms with Gasteiger partial charge in [-0.3, -0.25) is 0 Å². The zero-order valence-corrected chi connectivity index (χ0v) is 12.9. The van der Waals surface area contributed by atoms with E-state index in [2.05, 4.69) is 25.7 Å². The van der Waals surface area contributed by atoms with Gasteiger partial charge in [-0.1, -0.05) is 19.6 Å². The summed E-state index contributed by atoms with van der Waals surface area (Å²) in [7, 11) is 2.24. The van der Waals surface area contributed by atoms with E-state index >= 15 is 0 Å². The Bertz CT molecular complexity index is 437. The molecule has 0 aliphatic carbocycles.